The van der Waals surface area contributed by atoms with Gasteiger partial charge in [0.05, 0.1) is 18.2 Å². The van der Waals surface area contributed by atoms with Crippen LogP contribution in [0, 0.1) is 6.92 Å². The molecule has 8 nitrogen and oxygen atoms in total. The van der Waals surface area contributed by atoms with Gasteiger partial charge in [0.15, 0.2) is 0 Å². The molecule has 32 heavy (non-hydrogen) atoms. The number of pyridine rings is 1. The lowest BCUT2D eigenvalue weighted by atomic mass is 10.2. The number of amides is 1. The SMILES string of the molecule is Cc1cccc(NC(=O)Cn2c(=O)n(C[C@H]3CCCO3)c(=O)c3sc4ncccc4c32)c1. The first-order chi connectivity index (χ1) is 15.5. The fraction of sp³-hybridized carbons (Fsp3) is 0.304. The molecule has 0 spiro atoms. The molecule has 1 fully saturated rings. The Morgan fingerprint density at radius 3 is 2.91 bits per heavy atom. The van der Waals surface area contributed by atoms with E-state index in [1.54, 1.807) is 18.3 Å². The third-order valence-electron chi connectivity index (χ3n) is 5.62. The van der Waals surface area contributed by atoms with Crippen LogP contribution in [0.2, 0.25) is 0 Å². The van der Waals surface area contributed by atoms with E-state index in [2.05, 4.69) is 10.3 Å². The van der Waals surface area contributed by atoms with Crippen LogP contribution in [0.5, 0.6) is 0 Å². The van der Waals surface area contributed by atoms with Crippen LogP contribution in [0.15, 0.2) is 52.2 Å². The lowest BCUT2D eigenvalue weighted by Crippen LogP contribution is -2.43. The van der Waals surface area contributed by atoms with Crippen molar-refractivity contribution in [2.45, 2.75) is 39.0 Å². The second-order valence-corrected chi connectivity index (χ2v) is 8.97. The van der Waals surface area contributed by atoms with Crippen molar-refractivity contribution in [3.05, 3.63) is 69.0 Å². The van der Waals surface area contributed by atoms with E-state index >= 15 is 0 Å². The summed E-state index contributed by atoms with van der Waals surface area (Å²) in [6, 6.07) is 11.0. The number of anilines is 1. The molecule has 9 heteroatoms. The Morgan fingerprint density at radius 2 is 2.12 bits per heavy atom. The zero-order valence-corrected chi connectivity index (χ0v) is 18.4. The lowest BCUT2D eigenvalue weighted by molar-refractivity contribution is -0.116. The molecule has 4 aromatic rings. The van der Waals surface area contributed by atoms with Gasteiger partial charge in [-0.3, -0.25) is 18.7 Å². The minimum Gasteiger partial charge on any atom is -0.376 e. The van der Waals surface area contributed by atoms with Crippen LogP contribution in [0.3, 0.4) is 0 Å². The highest BCUT2D eigenvalue weighted by Crippen LogP contribution is 2.29. The second-order valence-electron chi connectivity index (χ2n) is 7.97. The average Bonchev–Trinajstić information content (AvgIpc) is 3.42. The minimum absolute atomic E-state index is 0.175. The van der Waals surface area contributed by atoms with Crippen molar-refractivity contribution in [2.75, 3.05) is 11.9 Å². The van der Waals surface area contributed by atoms with E-state index in [1.807, 2.05) is 31.2 Å². The normalized spacial score (nSPS) is 16.1. The Morgan fingerprint density at radius 1 is 1.25 bits per heavy atom. The zero-order chi connectivity index (χ0) is 22.2. The molecule has 0 aliphatic carbocycles. The van der Waals surface area contributed by atoms with Crippen LogP contribution >= 0.6 is 11.3 Å². The van der Waals surface area contributed by atoms with E-state index in [9.17, 15) is 14.4 Å². The number of hydrogen-bond donors (Lipinski definition) is 1. The number of benzene rings is 1. The molecule has 0 saturated carbocycles. The summed E-state index contributed by atoms with van der Waals surface area (Å²) >= 11 is 1.24. The van der Waals surface area contributed by atoms with Gasteiger partial charge in [0.2, 0.25) is 5.91 Å². The summed E-state index contributed by atoms with van der Waals surface area (Å²) in [6.07, 6.45) is 3.17. The molecule has 164 valence electrons. The van der Waals surface area contributed by atoms with Crippen LogP contribution in [0.4, 0.5) is 5.69 Å². The van der Waals surface area contributed by atoms with Crippen molar-refractivity contribution >= 4 is 43.4 Å². The van der Waals surface area contributed by atoms with Crippen LogP contribution < -0.4 is 16.6 Å². The van der Waals surface area contributed by atoms with Crippen LogP contribution in [-0.2, 0) is 22.6 Å². The first-order valence-corrected chi connectivity index (χ1v) is 11.3. The van der Waals surface area contributed by atoms with Crippen molar-refractivity contribution in [1.29, 1.82) is 0 Å². The maximum atomic E-state index is 13.4. The highest BCUT2D eigenvalue weighted by molar-refractivity contribution is 7.25. The van der Waals surface area contributed by atoms with E-state index in [-0.39, 0.29) is 30.7 Å². The van der Waals surface area contributed by atoms with Crippen LogP contribution in [0.1, 0.15) is 18.4 Å². The van der Waals surface area contributed by atoms with Crippen molar-refractivity contribution in [3.8, 4) is 0 Å². The summed E-state index contributed by atoms with van der Waals surface area (Å²) in [7, 11) is 0. The second kappa shape index (κ2) is 8.33. The third-order valence-corrected chi connectivity index (χ3v) is 6.72. The Labute approximate surface area is 187 Å². The smallest absolute Gasteiger partial charge is 0.332 e. The molecule has 1 saturated heterocycles. The summed E-state index contributed by atoms with van der Waals surface area (Å²) in [5.41, 5.74) is 1.25. The van der Waals surface area contributed by atoms with Crippen molar-refractivity contribution < 1.29 is 9.53 Å². The number of nitrogens with zero attached hydrogens (tertiary/aromatic N) is 3. The maximum absolute atomic E-state index is 13.4. The average molecular weight is 451 g/mol. The molecule has 1 aliphatic heterocycles. The van der Waals surface area contributed by atoms with Gasteiger partial charge in [-0.15, -0.1) is 11.3 Å². The van der Waals surface area contributed by atoms with Gasteiger partial charge in [-0.1, -0.05) is 12.1 Å². The Bertz CT molecular complexity index is 1450. The number of rotatable bonds is 5. The summed E-state index contributed by atoms with van der Waals surface area (Å²) < 4.78 is 8.66. The van der Waals surface area contributed by atoms with Crippen molar-refractivity contribution in [2.24, 2.45) is 0 Å². The van der Waals surface area contributed by atoms with E-state index in [0.29, 0.717) is 32.7 Å². The van der Waals surface area contributed by atoms with E-state index in [4.69, 9.17) is 4.74 Å². The number of aryl methyl sites for hydroxylation is 1. The number of thiophene rings is 1. The van der Waals surface area contributed by atoms with Crippen LogP contribution in [-0.4, -0.2) is 32.7 Å². The molecule has 5 rings (SSSR count). The summed E-state index contributed by atoms with van der Waals surface area (Å²) in [5, 5.41) is 3.54. The lowest BCUT2D eigenvalue weighted by Gasteiger charge is -2.15. The quantitative estimate of drug-likeness (QED) is 0.505. The van der Waals surface area contributed by atoms with Gasteiger partial charge >= 0.3 is 5.69 Å². The van der Waals surface area contributed by atoms with E-state index in [0.717, 1.165) is 18.4 Å². The number of hydrogen-bond acceptors (Lipinski definition) is 6. The minimum atomic E-state index is -0.513. The topological polar surface area (TPSA) is 95.2 Å². The van der Waals surface area contributed by atoms with Crippen LogP contribution in [0.25, 0.3) is 20.4 Å². The number of carbonyl (C=O) groups excluding carboxylic acids is 1. The van der Waals surface area contributed by atoms with E-state index in [1.165, 1.54) is 20.5 Å². The molecule has 0 bridgehead atoms. The van der Waals surface area contributed by atoms with Gasteiger partial charge in [0, 0.05) is 23.9 Å². The third kappa shape index (κ3) is 3.74. The Balaban J connectivity index is 1.62. The molecular weight excluding hydrogens is 428 g/mol. The predicted molar refractivity (Wildman–Crippen MR) is 124 cm³/mol. The number of aromatic nitrogens is 3. The number of fused-ring (bicyclic) bond motifs is 3. The number of carbonyl (C=O) groups is 1. The van der Waals surface area contributed by atoms with E-state index < -0.39 is 5.69 Å². The molecule has 4 heterocycles. The molecule has 1 aliphatic rings. The number of ether oxygens (including phenoxy) is 1. The highest BCUT2D eigenvalue weighted by Gasteiger charge is 2.23. The van der Waals surface area contributed by atoms with Gasteiger partial charge in [0.1, 0.15) is 16.1 Å². The van der Waals surface area contributed by atoms with Gasteiger partial charge in [-0.05, 0) is 49.6 Å². The molecule has 0 unspecified atom stereocenters. The van der Waals surface area contributed by atoms with Crippen molar-refractivity contribution in [3.63, 3.8) is 0 Å². The largest absolute Gasteiger partial charge is 0.376 e. The standard InChI is InChI=1S/C23H22N4O4S/c1-14-5-2-6-15(11-14)25-18(28)13-26-19-17-8-3-9-24-21(17)32-20(19)22(29)27(23(26)30)12-16-7-4-10-31-16/h2-3,5-6,8-9,11,16H,4,7,10,12-13H2,1H3,(H,25,28)/t16-/m1/s1. The predicted octanol–water partition coefficient (Wildman–Crippen LogP) is 2.90. The highest BCUT2D eigenvalue weighted by atomic mass is 32.1. The van der Waals surface area contributed by atoms with Gasteiger partial charge in [-0.2, -0.15) is 0 Å². The molecular formula is C23H22N4O4S. The first kappa shape index (κ1) is 20.6. The summed E-state index contributed by atoms with van der Waals surface area (Å²) in [5.74, 6) is -0.343. The van der Waals surface area contributed by atoms with Gasteiger partial charge < -0.3 is 10.1 Å². The molecule has 1 N–H and O–H groups in total. The molecule has 1 aromatic carbocycles. The fourth-order valence-electron chi connectivity index (χ4n) is 4.15. The summed E-state index contributed by atoms with van der Waals surface area (Å²) in [4.78, 5) is 44.6. The first-order valence-electron chi connectivity index (χ1n) is 10.5. The molecule has 0 radical (unpaired) electrons. The van der Waals surface area contributed by atoms with Gasteiger partial charge in [0.25, 0.3) is 5.56 Å². The van der Waals surface area contributed by atoms with Crippen molar-refractivity contribution in [1.82, 2.24) is 14.1 Å². The molecule has 1 atom stereocenters. The monoisotopic (exact) mass is 450 g/mol. The summed E-state index contributed by atoms with van der Waals surface area (Å²) in [6.45, 7) is 2.53. The number of nitrogens with one attached hydrogen (secondary N) is 1. The Kier molecular flexibility index (Phi) is 5.36. The zero-order valence-electron chi connectivity index (χ0n) is 17.5. The molecule has 3 aromatic heterocycles. The maximum Gasteiger partial charge on any atom is 0.332 e. The fourth-order valence-corrected chi connectivity index (χ4v) is 5.25. The molecule has 1 amide bonds. The Hall–Kier alpha value is -3.30. The van der Waals surface area contributed by atoms with Gasteiger partial charge in [-0.25, -0.2) is 9.78 Å².